The molecule has 0 bridgehead atoms. The molecule has 0 N–H and O–H groups in total. The van der Waals surface area contributed by atoms with Crippen LogP contribution in [0.2, 0.25) is 0 Å². The van der Waals surface area contributed by atoms with Crippen molar-refractivity contribution in [1.29, 1.82) is 5.26 Å². The molecule has 1 unspecified atom stereocenters. The van der Waals surface area contributed by atoms with Crippen LogP contribution in [0.5, 0.6) is 0 Å². The summed E-state index contributed by atoms with van der Waals surface area (Å²) in [4.78, 5) is 2.31. The lowest BCUT2D eigenvalue weighted by molar-refractivity contribution is 0.0370. The summed E-state index contributed by atoms with van der Waals surface area (Å²) in [5.41, 5.74) is 2.45. The normalized spacial score (nSPS) is 18.2. The van der Waals surface area contributed by atoms with Crippen molar-refractivity contribution in [2.75, 3.05) is 32.8 Å². The molecular weight excluding hydrogens is 224 g/mol. The molecule has 1 aliphatic heterocycles. The number of morpholine rings is 1. The lowest BCUT2D eigenvalue weighted by Gasteiger charge is -2.28. The van der Waals surface area contributed by atoms with Crippen LogP contribution >= 0.6 is 0 Å². The third-order valence-corrected chi connectivity index (χ3v) is 3.49. The fraction of sp³-hybridized carbons (Fsp3) is 0.533. The number of hydrogen-bond donors (Lipinski definition) is 0. The Morgan fingerprint density at radius 1 is 1.28 bits per heavy atom. The molecule has 1 fully saturated rings. The number of nitriles is 1. The van der Waals surface area contributed by atoms with E-state index in [-0.39, 0.29) is 5.92 Å². The van der Waals surface area contributed by atoms with Crippen LogP contribution < -0.4 is 0 Å². The molecule has 3 nitrogen and oxygen atoms in total. The quantitative estimate of drug-likeness (QED) is 0.814. The number of rotatable bonds is 4. The second-order valence-electron chi connectivity index (χ2n) is 4.69. The molecule has 2 rings (SSSR count). The lowest BCUT2D eigenvalue weighted by atomic mass is 9.98. The average Bonchev–Trinajstić information content (AvgIpc) is 2.46. The number of aryl methyl sites for hydroxylation is 1. The Balaban J connectivity index is 2.00. The van der Waals surface area contributed by atoms with Gasteiger partial charge < -0.3 is 4.74 Å². The zero-order valence-corrected chi connectivity index (χ0v) is 10.9. The van der Waals surface area contributed by atoms with E-state index in [1.807, 2.05) is 0 Å². The molecule has 96 valence electrons. The molecule has 3 heteroatoms. The summed E-state index contributed by atoms with van der Waals surface area (Å²) < 4.78 is 5.33. The van der Waals surface area contributed by atoms with Gasteiger partial charge in [-0.3, -0.25) is 4.90 Å². The Labute approximate surface area is 109 Å². The molecule has 0 radical (unpaired) electrons. The van der Waals surface area contributed by atoms with Crippen molar-refractivity contribution in [3.05, 3.63) is 35.4 Å². The van der Waals surface area contributed by atoms with Crippen LogP contribution in [0, 0.1) is 11.3 Å². The van der Waals surface area contributed by atoms with Crippen LogP contribution in [0.4, 0.5) is 0 Å². The first-order chi connectivity index (χ1) is 8.83. The molecule has 1 aromatic rings. The summed E-state index contributed by atoms with van der Waals surface area (Å²) in [7, 11) is 0. The van der Waals surface area contributed by atoms with E-state index >= 15 is 0 Å². The smallest absolute Gasteiger partial charge is 0.0839 e. The van der Waals surface area contributed by atoms with Gasteiger partial charge in [-0.15, -0.1) is 0 Å². The molecule has 0 amide bonds. The van der Waals surface area contributed by atoms with Gasteiger partial charge in [0, 0.05) is 19.6 Å². The monoisotopic (exact) mass is 244 g/mol. The molecule has 1 saturated heterocycles. The summed E-state index contributed by atoms with van der Waals surface area (Å²) in [5.74, 6) is -0.0333. The van der Waals surface area contributed by atoms with E-state index in [1.54, 1.807) is 0 Å². The van der Waals surface area contributed by atoms with Gasteiger partial charge in [-0.2, -0.15) is 5.26 Å². The second-order valence-corrected chi connectivity index (χ2v) is 4.69. The summed E-state index contributed by atoms with van der Waals surface area (Å²) in [6, 6.07) is 10.8. The van der Waals surface area contributed by atoms with E-state index in [1.165, 1.54) is 5.56 Å². The van der Waals surface area contributed by atoms with Crippen molar-refractivity contribution in [2.45, 2.75) is 19.3 Å². The van der Waals surface area contributed by atoms with E-state index in [4.69, 9.17) is 4.74 Å². The highest BCUT2D eigenvalue weighted by Crippen LogP contribution is 2.18. The third-order valence-electron chi connectivity index (χ3n) is 3.49. The third kappa shape index (κ3) is 3.32. The van der Waals surface area contributed by atoms with E-state index < -0.39 is 0 Å². The number of ether oxygens (including phenoxy) is 1. The fourth-order valence-electron chi connectivity index (χ4n) is 2.25. The molecule has 0 aliphatic carbocycles. The summed E-state index contributed by atoms with van der Waals surface area (Å²) in [6.45, 7) is 6.39. The minimum absolute atomic E-state index is 0.0333. The van der Waals surface area contributed by atoms with Gasteiger partial charge in [-0.25, -0.2) is 0 Å². The maximum absolute atomic E-state index is 9.33. The topological polar surface area (TPSA) is 36.3 Å². The molecule has 0 spiro atoms. The van der Waals surface area contributed by atoms with E-state index in [2.05, 4.69) is 42.2 Å². The van der Waals surface area contributed by atoms with Crippen LogP contribution in [0.25, 0.3) is 0 Å². The van der Waals surface area contributed by atoms with Crippen molar-refractivity contribution in [1.82, 2.24) is 4.90 Å². The Morgan fingerprint density at radius 3 is 2.50 bits per heavy atom. The molecule has 18 heavy (non-hydrogen) atoms. The fourth-order valence-corrected chi connectivity index (χ4v) is 2.25. The Hall–Kier alpha value is -1.37. The van der Waals surface area contributed by atoms with Crippen LogP contribution in [0.3, 0.4) is 0 Å². The van der Waals surface area contributed by atoms with Crippen molar-refractivity contribution in [3.8, 4) is 6.07 Å². The van der Waals surface area contributed by atoms with Gasteiger partial charge in [0.1, 0.15) is 0 Å². The number of nitrogens with zero attached hydrogens (tertiary/aromatic N) is 2. The summed E-state index contributed by atoms with van der Waals surface area (Å²) in [6.07, 6.45) is 1.04. The van der Waals surface area contributed by atoms with Gasteiger partial charge in [0.15, 0.2) is 0 Å². The van der Waals surface area contributed by atoms with Crippen molar-refractivity contribution in [2.24, 2.45) is 0 Å². The molecule has 1 heterocycles. The minimum atomic E-state index is -0.0333. The van der Waals surface area contributed by atoms with Crippen molar-refractivity contribution >= 4 is 0 Å². The lowest BCUT2D eigenvalue weighted by Crippen LogP contribution is -2.38. The number of hydrogen-bond acceptors (Lipinski definition) is 3. The van der Waals surface area contributed by atoms with Crippen LogP contribution in [-0.4, -0.2) is 37.7 Å². The van der Waals surface area contributed by atoms with Gasteiger partial charge in [0.05, 0.1) is 25.2 Å². The molecule has 1 aromatic carbocycles. The highest BCUT2D eigenvalue weighted by Gasteiger charge is 2.17. The molecule has 1 aliphatic rings. The zero-order valence-electron chi connectivity index (χ0n) is 10.9. The van der Waals surface area contributed by atoms with Crippen molar-refractivity contribution < 1.29 is 4.74 Å². The van der Waals surface area contributed by atoms with E-state index in [9.17, 15) is 5.26 Å². The maximum Gasteiger partial charge on any atom is 0.0839 e. The average molecular weight is 244 g/mol. The largest absolute Gasteiger partial charge is 0.379 e. The summed E-state index contributed by atoms with van der Waals surface area (Å²) in [5, 5.41) is 9.33. The predicted molar refractivity (Wildman–Crippen MR) is 71.4 cm³/mol. The van der Waals surface area contributed by atoms with Gasteiger partial charge in [0.2, 0.25) is 0 Å². The van der Waals surface area contributed by atoms with Gasteiger partial charge in [0.25, 0.3) is 0 Å². The van der Waals surface area contributed by atoms with Gasteiger partial charge in [-0.1, -0.05) is 31.2 Å². The van der Waals surface area contributed by atoms with E-state index in [0.717, 1.165) is 44.8 Å². The van der Waals surface area contributed by atoms with Crippen LogP contribution in [-0.2, 0) is 11.2 Å². The minimum Gasteiger partial charge on any atom is -0.379 e. The highest BCUT2D eigenvalue weighted by molar-refractivity contribution is 5.29. The van der Waals surface area contributed by atoms with Gasteiger partial charge in [-0.05, 0) is 17.5 Å². The highest BCUT2D eigenvalue weighted by atomic mass is 16.5. The first kappa shape index (κ1) is 13.1. The van der Waals surface area contributed by atoms with Crippen molar-refractivity contribution in [3.63, 3.8) is 0 Å². The SMILES string of the molecule is CCc1ccc(C(C#N)CN2CCOCC2)cc1. The first-order valence-corrected chi connectivity index (χ1v) is 6.62. The molecule has 0 saturated carbocycles. The maximum atomic E-state index is 9.33. The predicted octanol–water partition coefficient (Wildman–Crippen LogP) is 2.19. The molecular formula is C15H20N2O. The zero-order chi connectivity index (χ0) is 12.8. The molecule has 0 aromatic heterocycles. The second kappa shape index (κ2) is 6.53. The van der Waals surface area contributed by atoms with E-state index in [0.29, 0.717) is 0 Å². The number of benzene rings is 1. The van der Waals surface area contributed by atoms with Crippen LogP contribution in [0.15, 0.2) is 24.3 Å². The van der Waals surface area contributed by atoms with Crippen LogP contribution in [0.1, 0.15) is 24.0 Å². The Kier molecular flexibility index (Phi) is 4.74. The summed E-state index contributed by atoms with van der Waals surface area (Å²) >= 11 is 0. The first-order valence-electron chi connectivity index (χ1n) is 6.62. The Morgan fingerprint density at radius 2 is 1.94 bits per heavy atom. The van der Waals surface area contributed by atoms with Gasteiger partial charge >= 0.3 is 0 Å². The Bertz CT molecular complexity index is 401. The molecule has 1 atom stereocenters. The standard InChI is InChI=1S/C15H20N2O/c1-2-13-3-5-14(6-4-13)15(11-16)12-17-7-9-18-10-8-17/h3-6,15H,2,7-10,12H2,1H3.